The summed E-state index contributed by atoms with van der Waals surface area (Å²) in [5, 5.41) is 4.16. The Labute approximate surface area is 162 Å². The molecule has 1 atom stereocenters. The zero-order valence-electron chi connectivity index (χ0n) is 16.0. The molecule has 1 aliphatic heterocycles. The Morgan fingerprint density at radius 2 is 2.14 bits per heavy atom. The van der Waals surface area contributed by atoms with E-state index in [-0.39, 0.29) is 17.7 Å². The Morgan fingerprint density at radius 3 is 2.86 bits per heavy atom. The molecule has 1 aromatic heterocycles. The lowest BCUT2D eigenvalue weighted by Crippen LogP contribution is -2.43. The van der Waals surface area contributed by atoms with Crippen molar-refractivity contribution in [2.24, 2.45) is 0 Å². The minimum absolute atomic E-state index is 0.0245. The van der Waals surface area contributed by atoms with Gasteiger partial charge in [0.15, 0.2) is 0 Å². The highest BCUT2D eigenvalue weighted by Gasteiger charge is 2.31. The first-order valence-corrected chi connectivity index (χ1v) is 9.44. The molecular formula is C20H24F3N3O2. The summed E-state index contributed by atoms with van der Waals surface area (Å²) in [6, 6.07) is 4.92. The van der Waals surface area contributed by atoms with Gasteiger partial charge in [0.2, 0.25) is 0 Å². The van der Waals surface area contributed by atoms with Crippen LogP contribution in [0.2, 0.25) is 0 Å². The molecular weight excluding hydrogens is 371 g/mol. The molecule has 152 valence electrons. The lowest BCUT2D eigenvalue weighted by molar-refractivity contribution is -0.137. The molecule has 1 saturated heterocycles. The van der Waals surface area contributed by atoms with Crippen molar-refractivity contribution < 1.29 is 22.7 Å². The van der Waals surface area contributed by atoms with Crippen molar-refractivity contribution >= 4 is 5.91 Å². The van der Waals surface area contributed by atoms with Gasteiger partial charge < -0.3 is 9.64 Å². The maximum Gasteiger partial charge on any atom is 0.416 e. The number of likely N-dealkylation sites (tertiary alicyclic amines) is 1. The van der Waals surface area contributed by atoms with Crippen LogP contribution in [0.1, 0.15) is 47.8 Å². The summed E-state index contributed by atoms with van der Waals surface area (Å²) in [7, 11) is 0. The van der Waals surface area contributed by atoms with Crippen LogP contribution in [0.5, 0.6) is 0 Å². The van der Waals surface area contributed by atoms with E-state index in [4.69, 9.17) is 4.74 Å². The van der Waals surface area contributed by atoms with Crippen molar-refractivity contribution in [2.45, 2.75) is 45.4 Å². The summed E-state index contributed by atoms with van der Waals surface area (Å²) in [5.41, 5.74) is 0.434. The Kier molecular flexibility index (Phi) is 6.07. The van der Waals surface area contributed by atoms with Gasteiger partial charge in [-0.15, -0.1) is 0 Å². The van der Waals surface area contributed by atoms with Crippen molar-refractivity contribution in [3.8, 4) is 5.69 Å². The maximum atomic E-state index is 13.0. The normalized spacial score (nSPS) is 17.8. The number of alkyl halides is 3. The smallest absolute Gasteiger partial charge is 0.376 e. The molecule has 0 N–H and O–H groups in total. The average Bonchev–Trinajstić information content (AvgIpc) is 3.07. The highest BCUT2D eigenvalue weighted by molar-refractivity contribution is 5.95. The second-order valence-electron chi connectivity index (χ2n) is 6.99. The monoisotopic (exact) mass is 395 g/mol. The van der Waals surface area contributed by atoms with E-state index in [1.165, 1.54) is 16.9 Å². The molecule has 8 heteroatoms. The molecule has 5 nitrogen and oxygen atoms in total. The third-order valence-corrected chi connectivity index (χ3v) is 4.88. The van der Waals surface area contributed by atoms with Gasteiger partial charge in [0.1, 0.15) is 0 Å². The number of aromatic nitrogens is 2. The summed E-state index contributed by atoms with van der Waals surface area (Å²) in [6.45, 7) is 5.55. The minimum Gasteiger partial charge on any atom is -0.376 e. The van der Waals surface area contributed by atoms with Crippen LogP contribution in [0.4, 0.5) is 13.2 Å². The molecule has 1 aliphatic rings. The van der Waals surface area contributed by atoms with Gasteiger partial charge in [0.05, 0.1) is 34.8 Å². The Balaban J connectivity index is 1.80. The van der Waals surface area contributed by atoms with E-state index in [1.807, 2.05) is 6.92 Å². The first-order valence-electron chi connectivity index (χ1n) is 9.44. The lowest BCUT2D eigenvalue weighted by Gasteiger charge is -2.32. The van der Waals surface area contributed by atoms with E-state index < -0.39 is 11.7 Å². The number of ether oxygens (including phenoxy) is 1. The van der Waals surface area contributed by atoms with Crippen molar-refractivity contribution in [2.75, 3.05) is 19.7 Å². The number of halogens is 3. The van der Waals surface area contributed by atoms with Crippen LogP contribution in [0.3, 0.4) is 0 Å². The van der Waals surface area contributed by atoms with Crippen molar-refractivity contribution in [1.29, 1.82) is 0 Å². The van der Waals surface area contributed by atoms with Crippen LogP contribution in [0, 0.1) is 6.92 Å². The number of amides is 1. The van der Waals surface area contributed by atoms with E-state index in [9.17, 15) is 18.0 Å². The van der Waals surface area contributed by atoms with Crippen LogP contribution >= 0.6 is 0 Å². The molecule has 1 amide bonds. The van der Waals surface area contributed by atoms with Gasteiger partial charge in [0, 0.05) is 19.7 Å². The topological polar surface area (TPSA) is 47.4 Å². The summed E-state index contributed by atoms with van der Waals surface area (Å²) in [5.74, 6) is -0.166. The zero-order valence-corrected chi connectivity index (χ0v) is 16.0. The standard InChI is InChI=1S/C20H24F3N3O2/c1-3-10-28-17-8-5-9-25(13-17)19(27)18-12-24-26(14(18)2)16-7-4-6-15(11-16)20(21,22)23/h4,6-7,11-12,17H,3,5,8-10,13H2,1-2H3. The van der Waals surface area contributed by atoms with Gasteiger partial charge >= 0.3 is 6.18 Å². The fraction of sp³-hybridized carbons (Fsp3) is 0.500. The first-order chi connectivity index (χ1) is 13.3. The third-order valence-electron chi connectivity index (χ3n) is 4.88. The van der Waals surface area contributed by atoms with Crippen molar-refractivity contribution in [3.63, 3.8) is 0 Å². The van der Waals surface area contributed by atoms with E-state index >= 15 is 0 Å². The molecule has 28 heavy (non-hydrogen) atoms. The Morgan fingerprint density at radius 1 is 1.36 bits per heavy atom. The van der Waals surface area contributed by atoms with Crippen LogP contribution in [-0.2, 0) is 10.9 Å². The molecule has 0 saturated carbocycles. The van der Waals surface area contributed by atoms with Crippen molar-refractivity contribution in [1.82, 2.24) is 14.7 Å². The molecule has 1 fully saturated rings. The SMILES string of the molecule is CCCOC1CCCN(C(=O)c2cnn(-c3cccc(C(F)(F)F)c3)c2C)C1. The lowest BCUT2D eigenvalue weighted by atomic mass is 10.1. The molecule has 3 rings (SSSR count). The Bertz CT molecular complexity index is 832. The van der Waals surface area contributed by atoms with E-state index in [1.54, 1.807) is 17.9 Å². The van der Waals surface area contributed by atoms with E-state index in [0.29, 0.717) is 31.0 Å². The summed E-state index contributed by atoms with van der Waals surface area (Å²) < 4.78 is 46.1. The number of rotatable bonds is 5. The predicted molar refractivity (Wildman–Crippen MR) is 98.5 cm³/mol. The zero-order chi connectivity index (χ0) is 20.3. The highest BCUT2D eigenvalue weighted by atomic mass is 19.4. The number of piperidine rings is 1. The fourth-order valence-corrected chi connectivity index (χ4v) is 3.41. The molecule has 0 bridgehead atoms. The maximum absolute atomic E-state index is 13.0. The first kappa shape index (κ1) is 20.4. The van der Waals surface area contributed by atoms with Gasteiger partial charge in [0.25, 0.3) is 5.91 Å². The van der Waals surface area contributed by atoms with E-state index in [2.05, 4.69) is 5.10 Å². The van der Waals surface area contributed by atoms with Gasteiger partial charge in [-0.25, -0.2) is 4.68 Å². The van der Waals surface area contributed by atoms with Crippen LogP contribution in [0.25, 0.3) is 5.69 Å². The number of carbonyl (C=O) groups is 1. The number of hydrogen-bond acceptors (Lipinski definition) is 3. The Hall–Kier alpha value is -2.35. The minimum atomic E-state index is -4.43. The molecule has 1 aromatic carbocycles. The molecule has 0 aliphatic carbocycles. The molecule has 1 unspecified atom stereocenters. The van der Waals surface area contributed by atoms with Crippen molar-refractivity contribution in [3.05, 3.63) is 47.3 Å². The average molecular weight is 395 g/mol. The quantitative estimate of drug-likeness (QED) is 0.761. The van der Waals surface area contributed by atoms with Crippen LogP contribution in [0.15, 0.2) is 30.5 Å². The van der Waals surface area contributed by atoms with Gasteiger partial charge in [-0.2, -0.15) is 18.3 Å². The van der Waals surface area contributed by atoms with Gasteiger partial charge in [-0.1, -0.05) is 13.0 Å². The second kappa shape index (κ2) is 8.34. The van der Waals surface area contributed by atoms with Crippen LogP contribution < -0.4 is 0 Å². The third kappa shape index (κ3) is 4.38. The fourth-order valence-electron chi connectivity index (χ4n) is 3.41. The molecule has 0 spiro atoms. The summed E-state index contributed by atoms with van der Waals surface area (Å²) in [4.78, 5) is 14.7. The number of benzene rings is 1. The van der Waals surface area contributed by atoms with Gasteiger partial charge in [-0.3, -0.25) is 4.79 Å². The summed E-state index contributed by atoms with van der Waals surface area (Å²) in [6.07, 6.45) is -0.275. The highest BCUT2D eigenvalue weighted by Crippen LogP contribution is 2.30. The molecule has 0 radical (unpaired) electrons. The number of nitrogens with zero attached hydrogens (tertiary/aromatic N) is 3. The number of hydrogen-bond donors (Lipinski definition) is 0. The van der Waals surface area contributed by atoms with E-state index in [0.717, 1.165) is 31.4 Å². The number of carbonyl (C=O) groups excluding carboxylic acids is 1. The second-order valence-corrected chi connectivity index (χ2v) is 6.99. The largest absolute Gasteiger partial charge is 0.416 e. The van der Waals surface area contributed by atoms with Gasteiger partial charge in [-0.05, 0) is 44.4 Å². The predicted octanol–water partition coefficient (Wildman–Crippen LogP) is 4.23. The molecule has 2 heterocycles. The summed E-state index contributed by atoms with van der Waals surface area (Å²) >= 11 is 0. The van der Waals surface area contributed by atoms with Crippen LogP contribution in [-0.4, -0.2) is 46.4 Å². The molecule has 2 aromatic rings.